The third-order valence-corrected chi connectivity index (χ3v) is 5.40. The standard InChI is InChI=1S/C17H14ClN3OS2/c18-14-9-5-4-8-13(14)10-19-15(22)11-23-17-20-16(21-24-17)12-6-2-1-3-7-12/h1-9H,10-11H2,(H,19,22). The molecule has 7 heteroatoms. The summed E-state index contributed by atoms with van der Waals surface area (Å²) < 4.78 is 5.11. The number of nitrogens with one attached hydrogen (secondary N) is 1. The molecule has 4 nitrogen and oxygen atoms in total. The maximum Gasteiger partial charge on any atom is 0.230 e. The highest BCUT2D eigenvalue weighted by atomic mass is 35.5. The SMILES string of the molecule is O=C(CSc1nc(-c2ccccc2)ns1)NCc1ccccc1Cl. The maximum absolute atomic E-state index is 12.0. The molecule has 0 aliphatic rings. The van der Waals surface area contributed by atoms with E-state index in [-0.39, 0.29) is 5.91 Å². The van der Waals surface area contributed by atoms with E-state index < -0.39 is 0 Å². The van der Waals surface area contributed by atoms with Crippen LogP contribution in [0.5, 0.6) is 0 Å². The topological polar surface area (TPSA) is 54.9 Å². The average molecular weight is 376 g/mol. The summed E-state index contributed by atoms with van der Waals surface area (Å²) in [5, 5.41) is 3.52. The Hall–Kier alpha value is -1.89. The van der Waals surface area contributed by atoms with Crippen LogP contribution < -0.4 is 5.32 Å². The van der Waals surface area contributed by atoms with E-state index in [2.05, 4.69) is 14.7 Å². The molecule has 122 valence electrons. The van der Waals surface area contributed by atoms with Crippen LogP contribution in [0.3, 0.4) is 0 Å². The van der Waals surface area contributed by atoms with Gasteiger partial charge in [0.15, 0.2) is 10.2 Å². The first kappa shape index (κ1) is 17.0. The number of aromatic nitrogens is 2. The monoisotopic (exact) mass is 375 g/mol. The van der Waals surface area contributed by atoms with Crippen molar-refractivity contribution in [3.63, 3.8) is 0 Å². The Morgan fingerprint density at radius 2 is 1.88 bits per heavy atom. The fraction of sp³-hybridized carbons (Fsp3) is 0.118. The Morgan fingerprint density at radius 3 is 2.67 bits per heavy atom. The van der Waals surface area contributed by atoms with Gasteiger partial charge in [-0.3, -0.25) is 4.79 Å². The number of rotatable bonds is 6. The Morgan fingerprint density at radius 1 is 1.12 bits per heavy atom. The number of amides is 1. The lowest BCUT2D eigenvalue weighted by Crippen LogP contribution is -2.24. The molecule has 0 radical (unpaired) electrons. The number of thioether (sulfide) groups is 1. The molecule has 0 unspecified atom stereocenters. The summed E-state index contributed by atoms with van der Waals surface area (Å²) >= 11 is 8.76. The quantitative estimate of drug-likeness (QED) is 0.654. The summed E-state index contributed by atoms with van der Waals surface area (Å²) in [5.41, 5.74) is 1.88. The molecule has 3 rings (SSSR count). The van der Waals surface area contributed by atoms with Crippen molar-refractivity contribution in [2.75, 3.05) is 5.75 Å². The van der Waals surface area contributed by atoms with Crippen molar-refractivity contribution in [3.8, 4) is 11.4 Å². The molecular weight excluding hydrogens is 362 g/mol. The van der Waals surface area contributed by atoms with E-state index in [1.807, 2.05) is 54.6 Å². The molecule has 0 fully saturated rings. The number of hydrogen-bond donors (Lipinski definition) is 1. The van der Waals surface area contributed by atoms with E-state index in [4.69, 9.17) is 11.6 Å². The second-order valence-electron chi connectivity index (χ2n) is 4.91. The first-order valence-corrected chi connectivity index (χ1v) is 9.38. The lowest BCUT2D eigenvalue weighted by molar-refractivity contribution is -0.118. The average Bonchev–Trinajstić information content (AvgIpc) is 3.09. The molecule has 0 aliphatic carbocycles. The lowest BCUT2D eigenvalue weighted by atomic mass is 10.2. The van der Waals surface area contributed by atoms with E-state index in [0.29, 0.717) is 23.1 Å². The van der Waals surface area contributed by atoms with Gasteiger partial charge >= 0.3 is 0 Å². The lowest BCUT2D eigenvalue weighted by Gasteiger charge is -2.05. The van der Waals surface area contributed by atoms with Crippen molar-refractivity contribution in [3.05, 3.63) is 65.2 Å². The van der Waals surface area contributed by atoms with Gasteiger partial charge in [-0.15, -0.1) is 0 Å². The molecule has 1 amide bonds. The minimum atomic E-state index is -0.0589. The van der Waals surface area contributed by atoms with Crippen LogP contribution in [0.25, 0.3) is 11.4 Å². The molecule has 0 aliphatic heterocycles. The largest absolute Gasteiger partial charge is 0.351 e. The van der Waals surface area contributed by atoms with Gasteiger partial charge in [-0.25, -0.2) is 4.98 Å². The zero-order valence-electron chi connectivity index (χ0n) is 12.6. The van der Waals surface area contributed by atoms with E-state index in [9.17, 15) is 4.79 Å². The molecule has 3 aromatic rings. The van der Waals surface area contributed by atoms with Gasteiger partial charge in [-0.2, -0.15) is 4.37 Å². The number of halogens is 1. The van der Waals surface area contributed by atoms with Gasteiger partial charge in [-0.05, 0) is 23.2 Å². The van der Waals surface area contributed by atoms with E-state index in [1.54, 1.807) is 0 Å². The van der Waals surface area contributed by atoms with E-state index in [0.717, 1.165) is 15.5 Å². The molecule has 24 heavy (non-hydrogen) atoms. The zero-order chi connectivity index (χ0) is 16.8. The molecule has 1 N–H and O–H groups in total. The molecular formula is C17H14ClN3OS2. The second-order valence-corrected chi connectivity index (χ2v) is 7.29. The van der Waals surface area contributed by atoms with Crippen LogP contribution >= 0.6 is 34.9 Å². The van der Waals surface area contributed by atoms with Gasteiger partial charge in [0.25, 0.3) is 0 Å². The zero-order valence-corrected chi connectivity index (χ0v) is 15.0. The summed E-state index contributed by atoms with van der Waals surface area (Å²) in [7, 11) is 0. The molecule has 0 spiro atoms. The highest BCUT2D eigenvalue weighted by Gasteiger charge is 2.09. The smallest absolute Gasteiger partial charge is 0.230 e. The predicted octanol–water partition coefficient (Wildman–Crippen LogP) is 4.27. The van der Waals surface area contributed by atoms with E-state index >= 15 is 0 Å². The number of nitrogens with zero attached hydrogens (tertiary/aromatic N) is 2. The third kappa shape index (κ3) is 4.56. The molecule has 0 saturated heterocycles. The van der Waals surface area contributed by atoms with Crippen LogP contribution in [-0.4, -0.2) is 21.0 Å². The van der Waals surface area contributed by atoms with Crippen molar-refractivity contribution in [2.45, 2.75) is 10.9 Å². The summed E-state index contributed by atoms with van der Waals surface area (Å²) in [6.07, 6.45) is 0. The minimum Gasteiger partial charge on any atom is -0.351 e. The fourth-order valence-electron chi connectivity index (χ4n) is 1.99. The Bertz CT molecular complexity index is 823. The normalized spacial score (nSPS) is 10.5. The van der Waals surface area contributed by atoms with Crippen LogP contribution in [0.15, 0.2) is 58.9 Å². The molecule has 1 aromatic heterocycles. The number of carbonyl (C=O) groups is 1. The second kappa shape index (κ2) is 8.28. The van der Waals surface area contributed by atoms with Crippen molar-refractivity contribution in [1.29, 1.82) is 0 Å². The summed E-state index contributed by atoms with van der Waals surface area (Å²) in [4.78, 5) is 16.4. The van der Waals surface area contributed by atoms with Gasteiger partial charge in [0.2, 0.25) is 5.91 Å². The fourth-order valence-corrected chi connectivity index (χ4v) is 3.63. The number of carbonyl (C=O) groups excluding carboxylic acids is 1. The summed E-state index contributed by atoms with van der Waals surface area (Å²) in [6.45, 7) is 0.421. The Balaban J connectivity index is 1.50. The van der Waals surface area contributed by atoms with Crippen LogP contribution in [-0.2, 0) is 11.3 Å². The van der Waals surface area contributed by atoms with Crippen molar-refractivity contribution in [1.82, 2.24) is 14.7 Å². The van der Waals surface area contributed by atoms with Gasteiger partial charge in [-0.1, -0.05) is 71.9 Å². The van der Waals surface area contributed by atoms with Crippen LogP contribution in [0.4, 0.5) is 0 Å². The summed E-state index contributed by atoms with van der Waals surface area (Å²) in [5.74, 6) is 0.935. The van der Waals surface area contributed by atoms with Crippen LogP contribution in [0, 0.1) is 0 Å². The van der Waals surface area contributed by atoms with Gasteiger partial charge in [0.05, 0.1) is 5.75 Å². The van der Waals surface area contributed by atoms with Crippen molar-refractivity contribution in [2.24, 2.45) is 0 Å². The van der Waals surface area contributed by atoms with Crippen molar-refractivity contribution < 1.29 is 4.79 Å². The molecule has 0 bridgehead atoms. The minimum absolute atomic E-state index is 0.0589. The van der Waals surface area contributed by atoms with E-state index in [1.165, 1.54) is 23.3 Å². The maximum atomic E-state index is 12.0. The first-order chi connectivity index (χ1) is 11.7. The molecule has 1 heterocycles. The summed E-state index contributed by atoms with van der Waals surface area (Å²) in [6, 6.07) is 17.2. The highest BCUT2D eigenvalue weighted by molar-refractivity contribution is 8.01. The van der Waals surface area contributed by atoms with Crippen LogP contribution in [0.1, 0.15) is 5.56 Å². The Labute approximate surface area is 153 Å². The third-order valence-electron chi connectivity index (χ3n) is 3.20. The number of benzene rings is 2. The first-order valence-electron chi connectivity index (χ1n) is 7.24. The Kier molecular flexibility index (Phi) is 5.85. The molecule has 0 atom stereocenters. The van der Waals surface area contributed by atoms with Gasteiger partial charge < -0.3 is 5.32 Å². The van der Waals surface area contributed by atoms with Gasteiger partial charge in [0.1, 0.15) is 0 Å². The van der Waals surface area contributed by atoms with Gasteiger partial charge in [0, 0.05) is 17.1 Å². The number of hydrogen-bond acceptors (Lipinski definition) is 5. The van der Waals surface area contributed by atoms with Crippen LogP contribution in [0.2, 0.25) is 5.02 Å². The molecule has 2 aromatic carbocycles. The predicted molar refractivity (Wildman–Crippen MR) is 99.4 cm³/mol. The molecule has 0 saturated carbocycles. The van der Waals surface area contributed by atoms with Crippen molar-refractivity contribution >= 4 is 40.8 Å². The highest BCUT2D eigenvalue weighted by Crippen LogP contribution is 2.24.